The maximum atomic E-state index is 5.15. The molecule has 0 amide bonds. The summed E-state index contributed by atoms with van der Waals surface area (Å²) in [6.45, 7) is 2.06. The van der Waals surface area contributed by atoms with Gasteiger partial charge in [-0.05, 0) is 53.7 Å². The molecule has 23 heavy (non-hydrogen) atoms. The lowest BCUT2D eigenvalue weighted by Crippen LogP contribution is -2.00. The number of hydrogen-bond donors (Lipinski definition) is 1. The van der Waals surface area contributed by atoms with E-state index in [0.29, 0.717) is 5.82 Å². The molecule has 116 valence electrons. The minimum Gasteiger partial charge on any atom is -0.497 e. The number of anilines is 1. The molecule has 0 saturated heterocycles. The Kier molecular flexibility index (Phi) is 4.33. The maximum Gasteiger partial charge on any atom is 0.181 e. The summed E-state index contributed by atoms with van der Waals surface area (Å²) in [5, 5.41) is 15.0. The molecule has 0 spiro atoms. The molecule has 3 aromatic rings. The van der Waals surface area contributed by atoms with Gasteiger partial charge in [-0.1, -0.05) is 17.7 Å². The lowest BCUT2D eigenvalue weighted by atomic mass is 10.2. The van der Waals surface area contributed by atoms with Crippen molar-refractivity contribution >= 4 is 11.8 Å². The highest BCUT2D eigenvalue weighted by molar-refractivity contribution is 5.53. The monoisotopic (exact) mass is 307 g/mol. The number of rotatable bonds is 5. The number of ether oxygens (including phenoxy) is 1. The molecule has 1 N–H and O–H groups in total. The summed E-state index contributed by atoms with van der Waals surface area (Å²) in [5.74, 6) is 1.43. The first-order valence-electron chi connectivity index (χ1n) is 7.19. The number of aryl methyl sites for hydroxylation is 1. The standard InChI is InChI=1S/C17H17N5O/c1-13-3-5-14(6-4-13)18-12-11-17-19-20-21-22(17)15-7-9-16(23-2)10-8-15/h3-12,18H,1-2H3/b12-11-. The van der Waals surface area contributed by atoms with E-state index in [1.165, 1.54) is 5.56 Å². The Balaban J connectivity index is 1.75. The summed E-state index contributed by atoms with van der Waals surface area (Å²) < 4.78 is 6.81. The minimum absolute atomic E-state index is 0.634. The zero-order chi connectivity index (χ0) is 16.1. The van der Waals surface area contributed by atoms with E-state index in [1.54, 1.807) is 11.8 Å². The summed E-state index contributed by atoms with van der Waals surface area (Å²) >= 11 is 0. The molecule has 2 aromatic carbocycles. The molecule has 6 nitrogen and oxygen atoms in total. The smallest absolute Gasteiger partial charge is 0.181 e. The number of methoxy groups -OCH3 is 1. The number of aromatic nitrogens is 4. The summed E-state index contributed by atoms with van der Waals surface area (Å²) in [5.41, 5.74) is 3.10. The van der Waals surface area contributed by atoms with Crippen molar-refractivity contribution in [2.75, 3.05) is 12.4 Å². The highest BCUT2D eigenvalue weighted by atomic mass is 16.5. The van der Waals surface area contributed by atoms with Gasteiger partial charge in [-0.2, -0.15) is 4.68 Å². The van der Waals surface area contributed by atoms with Crippen LogP contribution in [0.1, 0.15) is 11.4 Å². The van der Waals surface area contributed by atoms with Crippen molar-refractivity contribution in [3.05, 3.63) is 66.1 Å². The van der Waals surface area contributed by atoms with Crippen LogP contribution in [0.4, 0.5) is 5.69 Å². The normalized spacial score (nSPS) is 10.9. The molecule has 3 rings (SSSR count). The van der Waals surface area contributed by atoms with Gasteiger partial charge in [-0.25, -0.2) is 0 Å². The molecule has 1 heterocycles. The first-order chi connectivity index (χ1) is 11.3. The molecule has 0 aliphatic rings. The van der Waals surface area contributed by atoms with Crippen LogP contribution >= 0.6 is 0 Å². The average Bonchev–Trinajstić information content (AvgIpc) is 3.05. The quantitative estimate of drug-likeness (QED) is 0.785. The van der Waals surface area contributed by atoms with Crippen LogP contribution < -0.4 is 10.1 Å². The van der Waals surface area contributed by atoms with Crippen LogP contribution in [-0.4, -0.2) is 27.3 Å². The fraction of sp³-hybridized carbons (Fsp3) is 0.118. The van der Waals surface area contributed by atoms with Gasteiger partial charge < -0.3 is 10.1 Å². The van der Waals surface area contributed by atoms with Gasteiger partial charge in [-0.15, -0.1) is 5.10 Å². The van der Waals surface area contributed by atoms with Crippen LogP contribution in [0, 0.1) is 6.92 Å². The molecule has 0 unspecified atom stereocenters. The van der Waals surface area contributed by atoms with Gasteiger partial charge in [0.15, 0.2) is 5.82 Å². The highest BCUT2D eigenvalue weighted by Gasteiger charge is 2.05. The van der Waals surface area contributed by atoms with Crippen molar-refractivity contribution in [1.82, 2.24) is 20.2 Å². The molecule has 0 atom stereocenters. The fourth-order valence-electron chi connectivity index (χ4n) is 2.07. The minimum atomic E-state index is 0.634. The fourth-order valence-corrected chi connectivity index (χ4v) is 2.07. The zero-order valence-electron chi connectivity index (χ0n) is 13.0. The van der Waals surface area contributed by atoms with E-state index in [2.05, 4.69) is 39.9 Å². The maximum absolute atomic E-state index is 5.15. The second-order valence-electron chi connectivity index (χ2n) is 4.99. The number of tetrazole rings is 1. The lowest BCUT2D eigenvalue weighted by molar-refractivity contribution is 0.414. The zero-order valence-corrected chi connectivity index (χ0v) is 13.0. The third kappa shape index (κ3) is 3.55. The summed E-state index contributed by atoms with van der Waals surface area (Å²) in [6, 6.07) is 15.7. The van der Waals surface area contributed by atoms with Gasteiger partial charge in [0.2, 0.25) is 0 Å². The van der Waals surface area contributed by atoms with Gasteiger partial charge in [0.1, 0.15) is 5.75 Å². The van der Waals surface area contributed by atoms with E-state index in [0.717, 1.165) is 17.1 Å². The second-order valence-corrected chi connectivity index (χ2v) is 4.99. The van der Waals surface area contributed by atoms with Crippen LogP contribution in [0.25, 0.3) is 11.8 Å². The van der Waals surface area contributed by atoms with Crippen molar-refractivity contribution in [1.29, 1.82) is 0 Å². The van der Waals surface area contributed by atoms with Gasteiger partial charge in [0.05, 0.1) is 12.8 Å². The second kappa shape index (κ2) is 6.74. The third-order valence-corrected chi connectivity index (χ3v) is 3.34. The first kappa shape index (κ1) is 14.8. The highest BCUT2D eigenvalue weighted by Crippen LogP contribution is 2.15. The SMILES string of the molecule is COc1ccc(-n2nnnc2/C=C\Nc2ccc(C)cc2)cc1. The Morgan fingerprint density at radius 1 is 1.04 bits per heavy atom. The lowest BCUT2D eigenvalue weighted by Gasteiger charge is -2.04. The molecule has 6 heteroatoms. The Morgan fingerprint density at radius 3 is 2.48 bits per heavy atom. The summed E-state index contributed by atoms with van der Waals surface area (Å²) in [6.07, 6.45) is 3.64. The third-order valence-electron chi connectivity index (χ3n) is 3.34. The molecule has 0 saturated carbocycles. The molecular weight excluding hydrogens is 290 g/mol. The average molecular weight is 307 g/mol. The Hall–Kier alpha value is -3.15. The van der Waals surface area contributed by atoms with E-state index in [-0.39, 0.29) is 0 Å². The van der Waals surface area contributed by atoms with Crippen molar-refractivity contribution in [2.45, 2.75) is 6.92 Å². The predicted octanol–water partition coefficient (Wildman–Crippen LogP) is 3.06. The van der Waals surface area contributed by atoms with Gasteiger partial charge in [0.25, 0.3) is 0 Å². The van der Waals surface area contributed by atoms with Crippen molar-refractivity contribution < 1.29 is 4.74 Å². The Morgan fingerprint density at radius 2 is 1.78 bits per heavy atom. The summed E-state index contributed by atoms with van der Waals surface area (Å²) in [4.78, 5) is 0. The molecule has 0 aliphatic carbocycles. The molecule has 0 aliphatic heterocycles. The number of hydrogen-bond acceptors (Lipinski definition) is 5. The first-order valence-corrected chi connectivity index (χ1v) is 7.19. The topological polar surface area (TPSA) is 64.9 Å². The molecule has 0 radical (unpaired) electrons. The van der Waals surface area contributed by atoms with Gasteiger partial charge >= 0.3 is 0 Å². The number of nitrogens with one attached hydrogen (secondary N) is 1. The Labute approximate surface area is 134 Å². The van der Waals surface area contributed by atoms with Crippen molar-refractivity contribution in [2.24, 2.45) is 0 Å². The van der Waals surface area contributed by atoms with Crippen LogP contribution in [-0.2, 0) is 0 Å². The van der Waals surface area contributed by atoms with E-state index in [9.17, 15) is 0 Å². The van der Waals surface area contributed by atoms with E-state index in [1.807, 2.05) is 48.7 Å². The van der Waals surface area contributed by atoms with Crippen molar-refractivity contribution in [3.8, 4) is 11.4 Å². The van der Waals surface area contributed by atoms with Crippen LogP contribution in [0.15, 0.2) is 54.7 Å². The van der Waals surface area contributed by atoms with Crippen LogP contribution in [0.2, 0.25) is 0 Å². The Bertz CT molecular complexity index is 791. The molecule has 0 bridgehead atoms. The number of nitrogens with zero attached hydrogens (tertiary/aromatic N) is 4. The van der Waals surface area contributed by atoms with Crippen molar-refractivity contribution in [3.63, 3.8) is 0 Å². The largest absolute Gasteiger partial charge is 0.497 e. The molecule has 0 fully saturated rings. The molecule has 1 aromatic heterocycles. The van der Waals surface area contributed by atoms with E-state index >= 15 is 0 Å². The number of benzene rings is 2. The molecular formula is C17H17N5O. The van der Waals surface area contributed by atoms with Gasteiger partial charge in [-0.3, -0.25) is 0 Å². The van der Waals surface area contributed by atoms with E-state index in [4.69, 9.17) is 4.74 Å². The van der Waals surface area contributed by atoms with Crippen LogP contribution in [0.3, 0.4) is 0 Å². The predicted molar refractivity (Wildman–Crippen MR) is 89.5 cm³/mol. The van der Waals surface area contributed by atoms with Crippen LogP contribution in [0.5, 0.6) is 5.75 Å². The van der Waals surface area contributed by atoms with E-state index < -0.39 is 0 Å². The summed E-state index contributed by atoms with van der Waals surface area (Å²) in [7, 11) is 1.64. The van der Waals surface area contributed by atoms with Gasteiger partial charge in [0, 0.05) is 18.0 Å².